The number of primary amides is 1. The molecule has 98 valence electrons. The quantitative estimate of drug-likeness (QED) is 0.761. The third kappa shape index (κ3) is 2.29. The van der Waals surface area contributed by atoms with E-state index in [4.69, 9.17) is 5.73 Å². The molecule has 20 heavy (non-hydrogen) atoms. The number of carbonyl (C=O) groups excluding carboxylic acids is 1. The van der Waals surface area contributed by atoms with Crippen LogP contribution in [0.4, 0.5) is 11.5 Å². The third-order valence-corrected chi connectivity index (χ3v) is 2.86. The van der Waals surface area contributed by atoms with Gasteiger partial charge in [0.15, 0.2) is 0 Å². The van der Waals surface area contributed by atoms with E-state index < -0.39 is 5.91 Å². The summed E-state index contributed by atoms with van der Waals surface area (Å²) in [6.45, 7) is 0. The molecule has 0 bridgehead atoms. The van der Waals surface area contributed by atoms with Crippen molar-refractivity contribution in [2.24, 2.45) is 5.73 Å². The van der Waals surface area contributed by atoms with Crippen molar-refractivity contribution < 1.29 is 4.79 Å². The molecule has 0 fully saturated rings. The Hall–Kier alpha value is -2.95. The average Bonchev–Trinajstić information content (AvgIpc) is 2.48. The van der Waals surface area contributed by atoms with E-state index in [-0.39, 0.29) is 5.82 Å². The Bertz CT molecular complexity index is 771. The van der Waals surface area contributed by atoms with Gasteiger partial charge in [-0.05, 0) is 24.3 Å². The fourth-order valence-corrected chi connectivity index (χ4v) is 1.94. The number of rotatable bonds is 3. The van der Waals surface area contributed by atoms with Crippen LogP contribution in [0.1, 0.15) is 10.6 Å². The number of amides is 1. The predicted molar refractivity (Wildman–Crippen MR) is 77.8 cm³/mol. The van der Waals surface area contributed by atoms with Crippen molar-refractivity contribution in [3.8, 4) is 0 Å². The first kappa shape index (κ1) is 12.1. The van der Waals surface area contributed by atoms with Gasteiger partial charge in [-0.1, -0.05) is 30.3 Å². The zero-order valence-corrected chi connectivity index (χ0v) is 10.6. The van der Waals surface area contributed by atoms with Crippen LogP contribution in [-0.4, -0.2) is 15.9 Å². The highest BCUT2D eigenvalue weighted by Gasteiger charge is 2.11. The number of carbonyl (C=O) groups is 1. The summed E-state index contributed by atoms with van der Waals surface area (Å²) in [5.41, 5.74) is 6.83. The normalized spacial score (nSPS) is 10.4. The van der Waals surface area contributed by atoms with Crippen LogP contribution in [0.25, 0.3) is 10.9 Å². The van der Waals surface area contributed by atoms with Gasteiger partial charge in [-0.15, -0.1) is 0 Å². The largest absolute Gasteiger partial charge is 0.363 e. The molecule has 3 aromatic rings. The van der Waals surface area contributed by atoms with Crippen molar-refractivity contribution in [3.63, 3.8) is 0 Å². The van der Waals surface area contributed by atoms with Gasteiger partial charge in [-0.25, -0.2) is 9.97 Å². The lowest BCUT2D eigenvalue weighted by Gasteiger charge is -2.09. The number of hydrogen-bond donors (Lipinski definition) is 2. The maximum atomic E-state index is 11.3. The van der Waals surface area contributed by atoms with E-state index in [0.29, 0.717) is 11.3 Å². The minimum atomic E-state index is -0.646. The first-order valence-corrected chi connectivity index (χ1v) is 6.13. The Morgan fingerprint density at radius 2 is 1.65 bits per heavy atom. The molecular weight excluding hydrogens is 252 g/mol. The second-order valence-electron chi connectivity index (χ2n) is 4.27. The Balaban J connectivity index is 2.15. The molecule has 3 rings (SSSR count). The molecule has 0 saturated carbocycles. The van der Waals surface area contributed by atoms with E-state index in [1.165, 1.54) is 0 Å². The number of hydrogen-bond acceptors (Lipinski definition) is 4. The van der Waals surface area contributed by atoms with E-state index in [1.807, 2.05) is 54.6 Å². The summed E-state index contributed by atoms with van der Waals surface area (Å²) < 4.78 is 0. The van der Waals surface area contributed by atoms with Gasteiger partial charge in [0.25, 0.3) is 5.91 Å². The third-order valence-electron chi connectivity index (χ3n) is 2.86. The molecule has 5 heteroatoms. The zero-order valence-electron chi connectivity index (χ0n) is 10.6. The van der Waals surface area contributed by atoms with Gasteiger partial charge in [0.1, 0.15) is 5.82 Å². The Morgan fingerprint density at radius 3 is 2.40 bits per heavy atom. The molecule has 2 aromatic carbocycles. The van der Waals surface area contributed by atoms with Crippen molar-refractivity contribution in [1.29, 1.82) is 0 Å². The molecule has 0 saturated heterocycles. The van der Waals surface area contributed by atoms with Gasteiger partial charge < -0.3 is 11.1 Å². The highest BCUT2D eigenvalue weighted by molar-refractivity contribution is 5.96. The SMILES string of the molecule is NC(=O)c1nc(Nc2ccccc2)c2ccccc2n1. The summed E-state index contributed by atoms with van der Waals surface area (Å²) in [6.07, 6.45) is 0. The van der Waals surface area contributed by atoms with Crippen LogP contribution in [0.3, 0.4) is 0 Å². The first-order valence-electron chi connectivity index (χ1n) is 6.13. The van der Waals surface area contributed by atoms with Gasteiger partial charge in [-0.2, -0.15) is 0 Å². The van der Waals surface area contributed by atoms with Crippen molar-refractivity contribution in [3.05, 3.63) is 60.4 Å². The van der Waals surface area contributed by atoms with E-state index in [1.54, 1.807) is 0 Å². The van der Waals surface area contributed by atoms with Gasteiger partial charge in [0, 0.05) is 11.1 Å². The van der Waals surface area contributed by atoms with Gasteiger partial charge in [0.2, 0.25) is 5.82 Å². The number of anilines is 2. The molecule has 0 aliphatic rings. The second-order valence-corrected chi connectivity index (χ2v) is 4.27. The lowest BCUT2D eigenvalue weighted by molar-refractivity contribution is 0.0991. The van der Waals surface area contributed by atoms with E-state index in [2.05, 4.69) is 15.3 Å². The topological polar surface area (TPSA) is 80.9 Å². The highest BCUT2D eigenvalue weighted by atomic mass is 16.1. The van der Waals surface area contributed by atoms with E-state index >= 15 is 0 Å². The average molecular weight is 264 g/mol. The highest BCUT2D eigenvalue weighted by Crippen LogP contribution is 2.23. The maximum Gasteiger partial charge on any atom is 0.286 e. The summed E-state index contributed by atoms with van der Waals surface area (Å²) in [6, 6.07) is 17.1. The number of nitrogens with one attached hydrogen (secondary N) is 1. The molecule has 1 amide bonds. The lowest BCUT2D eigenvalue weighted by atomic mass is 10.2. The van der Waals surface area contributed by atoms with Crippen LogP contribution in [0.15, 0.2) is 54.6 Å². The van der Waals surface area contributed by atoms with Crippen LogP contribution >= 0.6 is 0 Å². The fraction of sp³-hybridized carbons (Fsp3) is 0. The van der Waals surface area contributed by atoms with Crippen LogP contribution in [-0.2, 0) is 0 Å². The number of nitrogens with two attached hydrogens (primary N) is 1. The van der Waals surface area contributed by atoms with Crippen LogP contribution in [0.2, 0.25) is 0 Å². The number of para-hydroxylation sites is 2. The molecule has 0 radical (unpaired) electrons. The molecule has 0 spiro atoms. The first-order chi connectivity index (χ1) is 9.74. The van der Waals surface area contributed by atoms with Crippen molar-refractivity contribution in [2.45, 2.75) is 0 Å². The van der Waals surface area contributed by atoms with Gasteiger partial charge in [0.05, 0.1) is 5.52 Å². The van der Waals surface area contributed by atoms with E-state index in [9.17, 15) is 4.79 Å². The van der Waals surface area contributed by atoms with Crippen LogP contribution < -0.4 is 11.1 Å². The zero-order chi connectivity index (χ0) is 13.9. The van der Waals surface area contributed by atoms with Gasteiger partial charge >= 0.3 is 0 Å². The fourth-order valence-electron chi connectivity index (χ4n) is 1.94. The molecule has 0 aliphatic heterocycles. The Kier molecular flexibility index (Phi) is 3.01. The molecule has 1 aromatic heterocycles. The Morgan fingerprint density at radius 1 is 0.950 bits per heavy atom. The monoisotopic (exact) mass is 264 g/mol. The van der Waals surface area contributed by atoms with Crippen LogP contribution in [0, 0.1) is 0 Å². The molecular formula is C15H12N4O. The van der Waals surface area contributed by atoms with Crippen molar-refractivity contribution in [2.75, 3.05) is 5.32 Å². The number of fused-ring (bicyclic) bond motifs is 1. The standard InChI is InChI=1S/C15H12N4O/c16-13(20)15-18-12-9-5-4-8-11(12)14(19-15)17-10-6-2-1-3-7-10/h1-9H,(H2,16,20)(H,17,18,19). The molecule has 0 atom stereocenters. The summed E-state index contributed by atoms with van der Waals surface area (Å²) in [5, 5.41) is 4.02. The molecule has 3 N–H and O–H groups in total. The van der Waals surface area contributed by atoms with Gasteiger partial charge in [-0.3, -0.25) is 4.79 Å². The van der Waals surface area contributed by atoms with Crippen LogP contribution in [0.5, 0.6) is 0 Å². The number of benzene rings is 2. The molecule has 0 aliphatic carbocycles. The smallest absolute Gasteiger partial charge is 0.286 e. The predicted octanol–water partition coefficient (Wildman–Crippen LogP) is 2.47. The second kappa shape index (κ2) is 4.97. The number of nitrogens with zero attached hydrogens (tertiary/aromatic N) is 2. The maximum absolute atomic E-state index is 11.3. The Labute approximate surface area is 115 Å². The molecule has 1 heterocycles. The van der Waals surface area contributed by atoms with Crippen molar-refractivity contribution >= 4 is 28.3 Å². The summed E-state index contributed by atoms with van der Waals surface area (Å²) in [7, 11) is 0. The molecule has 0 unspecified atom stereocenters. The number of aromatic nitrogens is 2. The summed E-state index contributed by atoms with van der Waals surface area (Å²) >= 11 is 0. The summed E-state index contributed by atoms with van der Waals surface area (Å²) in [5.74, 6) is -0.0791. The summed E-state index contributed by atoms with van der Waals surface area (Å²) in [4.78, 5) is 19.7. The van der Waals surface area contributed by atoms with E-state index in [0.717, 1.165) is 11.1 Å². The lowest BCUT2D eigenvalue weighted by Crippen LogP contribution is -2.16. The minimum Gasteiger partial charge on any atom is -0.363 e. The van der Waals surface area contributed by atoms with Crippen molar-refractivity contribution in [1.82, 2.24) is 9.97 Å². The molecule has 5 nitrogen and oxygen atoms in total. The minimum absolute atomic E-state index is 0.00197.